The summed E-state index contributed by atoms with van der Waals surface area (Å²) in [6.45, 7) is 4.18. The zero-order valence-electron chi connectivity index (χ0n) is 12.2. The Morgan fingerprint density at radius 3 is 2.60 bits per heavy atom. The molecule has 20 heavy (non-hydrogen) atoms. The first-order chi connectivity index (χ1) is 9.36. The number of nitrogens with zero attached hydrogens (tertiary/aromatic N) is 1. The third-order valence-corrected chi connectivity index (χ3v) is 4.47. The van der Waals surface area contributed by atoms with Crippen LogP contribution in [0.4, 0.5) is 0 Å². The Kier molecular flexibility index (Phi) is 4.46. The Bertz CT molecular complexity index is 401. The van der Waals surface area contributed by atoms with Crippen molar-refractivity contribution < 1.29 is 19.4 Å². The Balaban J connectivity index is 2.14. The van der Waals surface area contributed by atoms with Crippen molar-refractivity contribution in [3.8, 4) is 0 Å². The van der Waals surface area contributed by atoms with Crippen molar-refractivity contribution in [3.63, 3.8) is 0 Å². The normalized spacial score (nSPS) is 38.6. The van der Waals surface area contributed by atoms with Crippen LogP contribution in [-0.4, -0.2) is 46.3 Å². The van der Waals surface area contributed by atoms with E-state index in [0.717, 1.165) is 19.3 Å². The van der Waals surface area contributed by atoms with Gasteiger partial charge in [0.2, 0.25) is 5.79 Å². The van der Waals surface area contributed by atoms with Gasteiger partial charge >= 0.3 is 0 Å². The number of ketones is 1. The molecule has 2 saturated heterocycles. The smallest absolute Gasteiger partial charge is 0.296 e. The van der Waals surface area contributed by atoms with E-state index in [-0.39, 0.29) is 6.04 Å². The first kappa shape index (κ1) is 15.4. The first-order valence-electron chi connectivity index (χ1n) is 7.37. The molecule has 4 unspecified atom stereocenters. The van der Waals surface area contributed by atoms with Crippen molar-refractivity contribution in [2.75, 3.05) is 6.54 Å². The predicted molar refractivity (Wildman–Crippen MR) is 72.4 cm³/mol. The monoisotopic (exact) mass is 284 g/mol. The minimum Gasteiger partial charge on any atom is -0.359 e. The lowest BCUT2D eigenvalue weighted by atomic mass is 9.88. The molecule has 6 nitrogen and oxygen atoms in total. The number of carbonyl (C=O) groups is 2. The molecule has 0 radical (unpaired) electrons. The first-order valence-corrected chi connectivity index (χ1v) is 7.37. The van der Waals surface area contributed by atoms with Gasteiger partial charge in [-0.2, -0.15) is 0 Å². The molecule has 6 heteroatoms. The van der Waals surface area contributed by atoms with Gasteiger partial charge in [-0.3, -0.25) is 9.59 Å². The lowest BCUT2D eigenvalue weighted by Gasteiger charge is -2.41. The molecular weight excluding hydrogens is 260 g/mol. The molecule has 2 fully saturated rings. The van der Waals surface area contributed by atoms with E-state index >= 15 is 0 Å². The highest BCUT2D eigenvalue weighted by Gasteiger charge is 2.51. The summed E-state index contributed by atoms with van der Waals surface area (Å²) in [5.41, 5.74) is 5.66. The molecule has 0 saturated carbocycles. The molecule has 0 aromatic rings. The van der Waals surface area contributed by atoms with Crippen molar-refractivity contribution in [1.82, 2.24) is 4.90 Å². The molecule has 0 spiro atoms. The van der Waals surface area contributed by atoms with Gasteiger partial charge < -0.3 is 20.5 Å². The van der Waals surface area contributed by atoms with Gasteiger partial charge in [-0.1, -0.05) is 6.92 Å². The number of likely N-dealkylation sites (tertiary alicyclic amines) is 1. The summed E-state index contributed by atoms with van der Waals surface area (Å²) in [7, 11) is 0. The second-order valence-corrected chi connectivity index (χ2v) is 6.00. The zero-order valence-corrected chi connectivity index (χ0v) is 12.2. The maximum absolute atomic E-state index is 12.4. The number of Topliss-reactive ketones (excluding diaryl/α,β-unsaturated/α-hetero) is 1. The third kappa shape index (κ3) is 2.73. The Morgan fingerprint density at radius 2 is 1.95 bits per heavy atom. The van der Waals surface area contributed by atoms with Gasteiger partial charge in [0, 0.05) is 18.5 Å². The molecule has 0 bridgehead atoms. The van der Waals surface area contributed by atoms with Gasteiger partial charge in [-0.15, -0.1) is 0 Å². The van der Waals surface area contributed by atoms with E-state index < -0.39 is 29.6 Å². The van der Waals surface area contributed by atoms with E-state index in [9.17, 15) is 14.7 Å². The van der Waals surface area contributed by atoms with Crippen LogP contribution in [0.2, 0.25) is 0 Å². The molecule has 2 aliphatic rings. The summed E-state index contributed by atoms with van der Waals surface area (Å²) in [6.07, 6.45) is 3.26. The van der Waals surface area contributed by atoms with Crippen LogP contribution in [0.1, 0.15) is 46.0 Å². The van der Waals surface area contributed by atoms with Gasteiger partial charge in [0.15, 0.2) is 0 Å². The SMILES string of the molecule is CC1CCCCN1C(=O)C(=O)C1(O)OC(N)CCC1C. The van der Waals surface area contributed by atoms with Crippen molar-refractivity contribution in [3.05, 3.63) is 0 Å². The summed E-state index contributed by atoms with van der Waals surface area (Å²) < 4.78 is 5.23. The van der Waals surface area contributed by atoms with Gasteiger partial charge in [-0.05, 0) is 39.0 Å². The van der Waals surface area contributed by atoms with Crippen molar-refractivity contribution >= 4 is 11.7 Å². The molecule has 0 aromatic heterocycles. The van der Waals surface area contributed by atoms with Crippen LogP contribution in [0, 0.1) is 5.92 Å². The van der Waals surface area contributed by atoms with Crippen LogP contribution in [-0.2, 0) is 14.3 Å². The van der Waals surface area contributed by atoms with E-state index in [1.54, 1.807) is 11.8 Å². The van der Waals surface area contributed by atoms with Crippen LogP contribution in [0.5, 0.6) is 0 Å². The molecule has 2 aliphatic heterocycles. The average Bonchev–Trinajstić information content (AvgIpc) is 2.42. The lowest BCUT2D eigenvalue weighted by molar-refractivity contribution is -0.261. The number of nitrogens with two attached hydrogens (primary N) is 1. The minimum absolute atomic E-state index is 0.0244. The Labute approximate surface area is 119 Å². The van der Waals surface area contributed by atoms with E-state index in [4.69, 9.17) is 10.5 Å². The van der Waals surface area contributed by atoms with Crippen LogP contribution in [0.15, 0.2) is 0 Å². The van der Waals surface area contributed by atoms with Gasteiger partial charge in [0.05, 0.1) is 0 Å². The number of amides is 1. The van der Waals surface area contributed by atoms with E-state index in [1.165, 1.54) is 0 Å². The fraction of sp³-hybridized carbons (Fsp3) is 0.857. The Hall–Kier alpha value is -0.980. The molecular formula is C14H24N2O4. The van der Waals surface area contributed by atoms with Gasteiger partial charge in [0.25, 0.3) is 11.7 Å². The number of hydrogen-bond acceptors (Lipinski definition) is 5. The summed E-state index contributed by atoms with van der Waals surface area (Å²) >= 11 is 0. The molecule has 1 amide bonds. The molecule has 0 aliphatic carbocycles. The third-order valence-electron chi connectivity index (χ3n) is 4.47. The van der Waals surface area contributed by atoms with E-state index in [2.05, 4.69) is 0 Å². The standard InChI is InChI=1S/C14H24N2O4/c1-9-6-7-11(15)20-14(9,19)12(17)13(18)16-8-4-3-5-10(16)2/h9-11,19H,3-8,15H2,1-2H3. The summed E-state index contributed by atoms with van der Waals surface area (Å²) in [5, 5.41) is 10.5. The average molecular weight is 284 g/mol. The molecule has 2 heterocycles. The van der Waals surface area contributed by atoms with Crippen LogP contribution >= 0.6 is 0 Å². The minimum atomic E-state index is -2.08. The molecule has 3 N–H and O–H groups in total. The number of piperidine rings is 1. The van der Waals surface area contributed by atoms with E-state index in [0.29, 0.717) is 19.4 Å². The highest BCUT2D eigenvalue weighted by Crippen LogP contribution is 2.32. The highest BCUT2D eigenvalue weighted by atomic mass is 16.6. The largest absolute Gasteiger partial charge is 0.359 e. The molecule has 4 atom stereocenters. The number of carbonyl (C=O) groups excluding carboxylic acids is 2. The fourth-order valence-electron chi connectivity index (χ4n) is 2.98. The topological polar surface area (TPSA) is 92.9 Å². The van der Waals surface area contributed by atoms with Crippen molar-refractivity contribution in [1.29, 1.82) is 0 Å². The van der Waals surface area contributed by atoms with Gasteiger partial charge in [0.1, 0.15) is 6.23 Å². The lowest BCUT2D eigenvalue weighted by Crippen LogP contribution is -2.60. The number of aliphatic hydroxyl groups is 1. The van der Waals surface area contributed by atoms with Gasteiger partial charge in [-0.25, -0.2) is 0 Å². The number of rotatable bonds is 2. The summed E-state index contributed by atoms with van der Waals surface area (Å²) in [6, 6.07) is 0.0244. The fourth-order valence-corrected chi connectivity index (χ4v) is 2.98. The predicted octanol–water partition coefficient (Wildman–Crippen LogP) is 0.376. The second kappa shape index (κ2) is 5.79. The molecule has 2 rings (SSSR count). The number of hydrogen-bond donors (Lipinski definition) is 2. The summed E-state index contributed by atoms with van der Waals surface area (Å²) in [4.78, 5) is 26.3. The highest BCUT2D eigenvalue weighted by molar-refractivity contribution is 6.38. The molecule has 0 aromatic carbocycles. The molecule has 114 valence electrons. The van der Waals surface area contributed by atoms with Crippen molar-refractivity contribution in [2.45, 2.75) is 64.0 Å². The van der Waals surface area contributed by atoms with E-state index in [1.807, 2.05) is 6.92 Å². The van der Waals surface area contributed by atoms with Crippen molar-refractivity contribution in [2.24, 2.45) is 11.7 Å². The summed E-state index contributed by atoms with van der Waals surface area (Å²) in [5.74, 6) is -4.04. The second-order valence-electron chi connectivity index (χ2n) is 6.00. The van der Waals surface area contributed by atoms with Crippen LogP contribution < -0.4 is 5.73 Å². The zero-order chi connectivity index (χ0) is 14.9. The Morgan fingerprint density at radius 1 is 1.25 bits per heavy atom. The quantitative estimate of drug-likeness (QED) is 0.715. The van der Waals surface area contributed by atoms with Crippen LogP contribution in [0.3, 0.4) is 0 Å². The number of ether oxygens (including phenoxy) is 1. The van der Waals surface area contributed by atoms with Crippen LogP contribution in [0.25, 0.3) is 0 Å². The maximum Gasteiger partial charge on any atom is 0.296 e. The maximum atomic E-state index is 12.4.